The number of amides is 1. The Morgan fingerprint density at radius 3 is 3.13 bits per heavy atom. The number of nitrogens with zero attached hydrogens (tertiary/aromatic N) is 1. The summed E-state index contributed by atoms with van der Waals surface area (Å²) in [5, 5.41) is 4.80. The standard InChI is InChI=1S/C9H7ClN2O3/c10-5-1-2-7-6(3-5)9(12-15-7)14-4-8(11)13/h1-3H,4H2,(H2,11,13). The molecular weight excluding hydrogens is 220 g/mol. The predicted octanol–water partition coefficient (Wildman–Crippen LogP) is 1.35. The third-order valence-corrected chi connectivity index (χ3v) is 1.99. The number of rotatable bonds is 3. The average molecular weight is 227 g/mol. The van der Waals surface area contributed by atoms with Gasteiger partial charge in [-0.15, -0.1) is 0 Å². The van der Waals surface area contributed by atoms with Gasteiger partial charge in [0.05, 0.1) is 5.39 Å². The first-order chi connectivity index (χ1) is 7.16. The number of carbonyl (C=O) groups is 1. The molecule has 15 heavy (non-hydrogen) atoms. The van der Waals surface area contributed by atoms with Crippen molar-refractivity contribution in [3.05, 3.63) is 23.2 Å². The van der Waals surface area contributed by atoms with Crippen molar-refractivity contribution in [1.29, 1.82) is 0 Å². The number of benzene rings is 1. The van der Waals surface area contributed by atoms with Crippen molar-refractivity contribution < 1.29 is 14.1 Å². The number of nitrogens with two attached hydrogens (primary N) is 1. The highest BCUT2D eigenvalue weighted by Crippen LogP contribution is 2.27. The van der Waals surface area contributed by atoms with E-state index in [-0.39, 0.29) is 12.5 Å². The van der Waals surface area contributed by atoms with Crippen LogP contribution in [-0.2, 0) is 4.79 Å². The van der Waals surface area contributed by atoms with E-state index in [1.54, 1.807) is 18.2 Å². The van der Waals surface area contributed by atoms with Crippen LogP contribution in [-0.4, -0.2) is 17.7 Å². The van der Waals surface area contributed by atoms with Gasteiger partial charge >= 0.3 is 0 Å². The Balaban J connectivity index is 2.35. The molecule has 0 aliphatic rings. The van der Waals surface area contributed by atoms with Crippen LogP contribution in [0.15, 0.2) is 22.7 Å². The van der Waals surface area contributed by atoms with Crippen LogP contribution in [0.1, 0.15) is 0 Å². The number of hydrogen-bond donors (Lipinski definition) is 1. The van der Waals surface area contributed by atoms with Crippen molar-refractivity contribution in [3.63, 3.8) is 0 Å². The van der Waals surface area contributed by atoms with Crippen molar-refractivity contribution in [2.75, 3.05) is 6.61 Å². The molecular formula is C9H7ClN2O3. The SMILES string of the molecule is NC(=O)COc1noc2ccc(Cl)cc12. The first kappa shape index (κ1) is 9.79. The van der Waals surface area contributed by atoms with Gasteiger partial charge in [-0.1, -0.05) is 11.6 Å². The quantitative estimate of drug-likeness (QED) is 0.857. The number of primary amides is 1. The van der Waals surface area contributed by atoms with Crippen LogP contribution < -0.4 is 10.5 Å². The second-order valence-electron chi connectivity index (χ2n) is 2.88. The van der Waals surface area contributed by atoms with Crippen molar-refractivity contribution in [2.45, 2.75) is 0 Å². The van der Waals surface area contributed by atoms with E-state index in [2.05, 4.69) is 5.16 Å². The summed E-state index contributed by atoms with van der Waals surface area (Å²) in [6, 6.07) is 4.98. The largest absolute Gasteiger partial charge is 0.465 e. The molecule has 0 atom stereocenters. The molecule has 0 spiro atoms. The summed E-state index contributed by atoms with van der Waals surface area (Å²) in [5.74, 6) is -0.362. The number of fused-ring (bicyclic) bond motifs is 1. The van der Waals surface area contributed by atoms with E-state index < -0.39 is 5.91 Å². The van der Waals surface area contributed by atoms with E-state index in [9.17, 15) is 4.79 Å². The van der Waals surface area contributed by atoms with Crippen LogP contribution in [0, 0.1) is 0 Å². The summed E-state index contributed by atoms with van der Waals surface area (Å²) in [6.45, 7) is -0.242. The van der Waals surface area contributed by atoms with Gasteiger partial charge in [0.1, 0.15) is 0 Å². The van der Waals surface area contributed by atoms with E-state index >= 15 is 0 Å². The molecule has 0 fully saturated rings. The van der Waals surface area contributed by atoms with E-state index in [1.807, 2.05) is 0 Å². The lowest BCUT2D eigenvalue weighted by Gasteiger charge is -1.97. The molecule has 1 heterocycles. The molecule has 2 N–H and O–H groups in total. The Morgan fingerprint density at radius 1 is 1.60 bits per heavy atom. The molecule has 0 saturated carbocycles. The molecule has 0 bridgehead atoms. The van der Waals surface area contributed by atoms with E-state index in [0.29, 0.717) is 16.0 Å². The average Bonchev–Trinajstić information content (AvgIpc) is 2.57. The molecule has 2 aromatic rings. The fourth-order valence-electron chi connectivity index (χ4n) is 1.13. The van der Waals surface area contributed by atoms with E-state index in [0.717, 1.165) is 0 Å². The highest BCUT2D eigenvalue weighted by molar-refractivity contribution is 6.31. The molecule has 1 aromatic heterocycles. The van der Waals surface area contributed by atoms with E-state index in [1.165, 1.54) is 0 Å². The Bertz CT molecular complexity index is 509. The third kappa shape index (κ3) is 2.02. The fraction of sp³-hybridized carbons (Fsp3) is 0.111. The lowest BCUT2D eigenvalue weighted by Crippen LogP contribution is -2.20. The topological polar surface area (TPSA) is 78.4 Å². The Morgan fingerprint density at radius 2 is 2.40 bits per heavy atom. The second-order valence-corrected chi connectivity index (χ2v) is 3.32. The van der Waals surface area contributed by atoms with E-state index in [4.69, 9.17) is 26.6 Å². The first-order valence-corrected chi connectivity index (χ1v) is 4.50. The zero-order chi connectivity index (χ0) is 10.8. The minimum atomic E-state index is -0.576. The Kier molecular flexibility index (Phi) is 2.47. The summed E-state index contributed by atoms with van der Waals surface area (Å²) in [7, 11) is 0. The van der Waals surface area contributed by atoms with Gasteiger partial charge in [0.15, 0.2) is 12.2 Å². The summed E-state index contributed by atoms with van der Waals surface area (Å²) >= 11 is 5.79. The van der Waals surface area contributed by atoms with Crippen LogP contribution in [0.5, 0.6) is 5.88 Å². The summed E-state index contributed by atoms with van der Waals surface area (Å²) < 4.78 is 9.99. The van der Waals surface area contributed by atoms with Crippen molar-refractivity contribution in [3.8, 4) is 5.88 Å². The van der Waals surface area contributed by atoms with Crippen LogP contribution in [0.3, 0.4) is 0 Å². The number of hydrogen-bond acceptors (Lipinski definition) is 4. The van der Waals surface area contributed by atoms with Crippen LogP contribution in [0.25, 0.3) is 11.0 Å². The van der Waals surface area contributed by atoms with Crippen molar-refractivity contribution >= 4 is 28.5 Å². The summed E-state index contributed by atoms with van der Waals surface area (Å²) in [6.07, 6.45) is 0. The molecule has 1 amide bonds. The molecule has 6 heteroatoms. The normalized spacial score (nSPS) is 10.5. The third-order valence-electron chi connectivity index (χ3n) is 1.75. The number of halogens is 1. The van der Waals surface area contributed by atoms with Crippen molar-refractivity contribution in [1.82, 2.24) is 5.16 Å². The minimum Gasteiger partial charge on any atom is -0.465 e. The fourth-order valence-corrected chi connectivity index (χ4v) is 1.30. The van der Waals surface area contributed by atoms with Crippen LogP contribution >= 0.6 is 11.6 Å². The monoisotopic (exact) mass is 226 g/mol. The maximum atomic E-state index is 10.5. The summed E-state index contributed by atoms with van der Waals surface area (Å²) in [5.41, 5.74) is 5.48. The second kappa shape index (κ2) is 3.78. The lowest BCUT2D eigenvalue weighted by atomic mass is 10.2. The molecule has 0 radical (unpaired) electrons. The lowest BCUT2D eigenvalue weighted by molar-refractivity contribution is -0.120. The minimum absolute atomic E-state index is 0.214. The van der Waals surface area contributed by atoms with Crippen molar-refractivity contribution in [2.24, 2.45) is 5.73 Å². The predicted molar refractivity (Wildman–Crippen MR) is 53.7 cm³/mol. The molecule has 1 aromatic carbocycles. The number of carbonyl (C=O) groups excluding carboxylic acids is 1. The molecule has 5 nitrogen and oxygen atoms in total. The van der Waals surface area contributed by atoms with Gasteiger partial charge in [-0.25, -0.2) is 0 Å². The summed E-state index contributed by atoms with van der Waals surface area (Å²) in [4.78, 5) is 10.5. The Labute approximate surface area is 89.7 Å². The maximum Gasteiger partial charge on any atom is 0.262 e. The smallest absolute Gasteiger partial charge is 0.262 e. The van der Waals surface area contributed by atoms with Crippen LogP contribution in [0.4, 0.5) is 0 Å². The molecule has 2 rings (SSSR count). The molecule has 0 aliphatic heterocycles. The molecule has 0 saturated heterocycles. The van der Waals surface area contributed by atoms with Gasteiger partial charge in [0.25, 0.3) is 11.8 Å². The molecule has 0 aliphatic carbocycles. The van der Waals surface area contributed by atoms with Gasteiger partial charge in [-0.05, 0) is 23.4 Å². The highest BCUT2D eigenvalue weighted by atomic mass is 35.5. The number of aromatic nitrogens is 1. The molecule has 0 unspecified atom stereocenters. The first-order valence-electron chi connectivity index (χ1n) is 4.13. The maximum absolute atomic E-state index is 10.5. The Hall–Kier alpha value is -1.75. The number of ether oxygens (including phenoxy) is 1. The molecule has 78 valence electrons. The zero-order valence-corrected chi connectivity index (χ0v) is 8.32. The highest BCUT2D eigenvalue weighted by Gasteiger charge is 2.10. The van der Waals surface area contributed by atoms with Gasteiger partial charge in [-0.2, -0.15) is 0 Å². The zero-order valence-electron chi connectivity index (χ0n) is 7.57. The van der Waals surface area contributed by atoms with Gasteiger partial charge < -0.3 is 15.0 Å². The van der Waals surface area contributed by atoms with Crippen LogP contribution in [0.2, 0.25) is 5.02 Å². The van der Waals surface area contributed by atoms with Gasteiger partial charge in [0, 0.05) is 5.02 Å². The van der Waals surface area contributed by atoms with Gasteiger partial charge in [0.2, 0.25) is 0 Å². The van der Waals surface area contributed by atoms with Gasteiger partial charge in [-0.3, -0.25) is 4.79 Å².